The molecular weight excluding hydrogens is 240 g/mol. The first-order valence-corrected chi connectivity index (χ1v) is 7.10. The van der Waals surface area contributed by atoms with Crippen molar-refractivity contribution in [1.29, 1.82) is 0 Å². The predicted molar refractivity (Wildman–Crippen MR) is 66.4 cm³/mol. The zero-order valence-electron chi connectivity index (χ0n) is 9.80. The van der Waals surface area contributed by atoms with Crippen molar-refractivity contribution in [2.75, 3.05) is 11.6 Å². The Balaban J connectivity index is 2.79. The summed E-state index contributed by atoms with van der Waals surface area (Å²) in [5, 5.41) is 2.61. The van der Waals surface area contributed by atoms with Crippen molar-refractivity contribution >= 4 is 21.4 Å². The van der Waals surface area contributed by atoms with E-state index in [9.17, 15) is 13.2 Å². The molecule has 0 saturated carbocycles. The molecule has 1 amide bonds. The van der Waals surface area contributed by atoms with Crippen LogP contribution in [0.4, 0.5) is 5.69 Å². The second-order valence-corrected chi connectivity index (χ2v) is 5.82. The third-order valence-electron chi connectivity index (χ3n) is 2.33. The van der Waals surface area contributed by atoms with E-state index in [1.54, 1.807) is 0 Å². The van der Waals surface area contributed by atoms with Crippen LogP contribution in [0.3, 0.4) is 0 Å². The van der Waals surface area contributed by atoms with Crippen molar-refractivity contribution in [3.05, 3.63) is 24.3 Å². The number of nitrogens with two attached hydrogens (primary N) is 1. The lowest BCUT2D eigenvalue weighted by Crippen LogP contribution is -2.34. The first kappa shape index (κ1) is 13.7. The highest BCUT2D eigenvalue weighted by molar-refractivity contribution is 7.90. The number of hydrogen-bond donors (Lipinski definition) is 2. The second-order valence-electron chi connectivity index (χ2n) is 3.80. The average Bonchev–Trinajstić information content (AvgIpc) is 2.27. The van der Waals surface area contributed by atoms with Crippen molar-refractivity contribution in [3.63, 3.8) is 0 Å². The third kappa shape index (κ3) is 3.83. The van der Waals surface area contributed by atoms with Gasteiger partial charge in [-0.25, -0.2) is 8.42 Å². The van der Waals surface area contributed by atoms with E-state index in [4.69, 9.17) is 5.73 Å². The van der Waals surface area contributed by atoms with E-state index in [-0.39, 0.29) is 10.8 Å². The molecule has 5 nitrogen and oxygen atoms in total. The Morgan fingerprint density at radius 3 is 2.29 bits per heavy atom. The Hall–Kier alpha value is -1.40. The topological polar surface area (TPSA) is 89.3 Å². The molecule has 0 fully saturated rings. The summed E-state index contributed by atoms with van der Waals surface area (Å²) in [5.74, 6) is -0.278. The normalized spacial score (nSPS) is 13.1. The zero-order chi connectivity index (χ0) is 13.1. The summed E-state index contributed by atoms with van der Waals surface area (Å²) in [5.41, 5.74) is 6.09. The lowest BCUT2D eigenvalue weighted by Gasteiger charge is -2.10. The van der Waals surface area contributed by atoms with Crippen molar-refractivity contribution in [2.24, 2.45) is 5.73 Å². The van der Waals surface area contributed by atoms with Gasteiger partial charge in [-0.3, -0.25) is 4.79 Å². The van der Waals surface area contributed by atoms with Gasteiger partial charge in [-0.1, -0.05) is 6.92 Å². The quantitative estimate of drug-likeness (QED) is 0.832. The Labute approximate surface area is 101 Å². The number of benzene rings is 1. The number of hydrogen-bond acceptors (Lipinski definition) is 4. The average molecular weight is 256 g/mol. The largest absolute Gasteiger partial charge is 0.325 e. The maximum absolute atomic E-state index is 11.5. The van der Waals surface area contributed by atoms with E-state index in [0.29, 0.717) is 12.1 Å². The summed E-state index contributed by atoms with van der Waals surface area (Å²) in [7, 11) is -3.21. The molecule has 0 heterocycles. The van der Waals surface area contributed by atoms with Gasteiger partial charge in [-0.15, -0.1) is 0 Å². The molecule has 0 unspecified atom stereocenters. The smallest absolute Gasteiger partial charge is 0.241 e. The summed E-state index contributed by atoms with van der Waals surface area (Å²) in [6, 6.07) is 5.42. The van der Waals surface area contributed by atoms with E-state index in [2.05, 4.69) is 5.32 Å². The van der Waals surface area contributed by atoms with Crippen LogP contribution in [0.5, 0.6) is 0 Å². The molecule has 0 aliphatic carbocycles. The Morgan fingerprint density at radius 1 is 1.35 bits per heavy atom. The van der Waals surface area contributed by atoms with Crippen molar-refractivity contribution in [1.82, 2.24) is 0 Å². The standard InChI is InChI=1S/C11H16N2O3S/c1-3-10(12)11(14)13-8-4-6-9(7-5-8)17(2,15)16/h4-7,10H,3,12H2,1-2H3,(H,13,14)/t10-/m1/s1. The number of anilines is 1. The van der Waals surface area contributed by atoms with E-state index in [1.807, 2.05) is 6.92 Å². The molecule has 0 bridgehead atoms. The number of amides is 1. The van der Waals surface area contributed by atoms with Gasteiger partial charge in [0.05, 0.1) is 10.9 Å². The molecule has 0 radical (unpaired) electrons. The van der Waals surface area contributed by atoms with Crippen molar-refractivity contribution in [2.45, 2.75) is 24.3 Å². The number of carbonyl (C=O) groups is 1. The number of rotatable bonds is 4. The lowest BCUT2D eigenvalue weighted by molar-refractivity contribution is -0.117. The minimum absolute atomic E-state index is 0.218. The van der Waals surface area contributed by atoms with Crippen LogP contribution in [-0.2, 0) is 14.6 Å². The van der Waals surface area contributed by atoms with Crippen LogP contribution in [0.15, 0.2) is 29.2 Å². The Bertz CT molecular complexity index is 494. The first-order valence-electron chi connectivity index (χ1n) is 5.21. The summed E-state index contributed by atoms with van der Waals surface area (Å²) < 4.78 is 22.4. The molecule has 1 aromatic carbocycles. The van der Waals surface area contributed by atoms with Gasteiger partial charge in [0.1, 0.15) is 0 Å². The van der Waals surface area contributed by atoms with E-state index in [0.717, 1.165) is 6.26 Å². The van der Waals surface area contributed by atoms with Crippen LogP contribution in [0.1, 0.15) is 13.3 Å². The maximum Gasteiger partial charge on any atom is 0.241 e. The van der Waals surface area contributed by atoms with Crippen LogP contribution < -0.4 is 11.1 Å². The monoisotopic (exact) mass is 256 g/mol. The van der Waals surface area contributed by atoms with Crippen molar-refractivity contribution in [3.8, 4) is 0 Å². The highest BCUT2D eigenvalue weighted by Crippen LogP contribution is 2.14. The molecule has 0 aliphatic rings. The van der Waals surface area contributed by atoms with Gasteiger partial charge in [0.2, 0.25) is 5.91 Å². The Morgan fingerprint density at radius 2 is 1.88 bits per heavy atom. The van der Waals surface area contributed by atoms with E-state index < -0.39 is 15.9 Å². The number of sulfone groups is 1. The van der Waals surface area contributed by atoms with Gasteiger partial charge in [0.25, 0.3) is 0 Å². The van der Waals surface area contributed by atoms with Gasteiger partial charge in [0, 0.05) is 11.9 Å². The van der Waals surface area contributed by atoms with Gasteiger partial charge in [0.15, 0.2) is 9.84 Å². The van der Waals surface area contributed by atoms with Crippen LogP contribution >= 0.6 is 0 Å². The SMILES string of the molecule is CC[C@@H](N)C(=O)Nc1ccc(S(C)(=O)=O)cc1. The number of nitrogens with one attached hydrogen (secondary N) is 1. The predicted octanol–water partition coefficient (Wildman–Crippen LogP) is 0.766. The van der Waals surface area contributed by atoms with Gasteiger partial charge in [-0.05, 0) is 30.7 Å². The third-order valence-corrected chi connectivity index (χ3v) is 3.46. The molecule has 0 spiro atoms. The van der Waals surface area contributed by atoms with Gasteiger partial charge < -0.3 is 11.1 Å². The highest BCUT2D eigenvalue weighted by atomic mass is 32.2. The molecule has 1 atom stereocenters. The molecule has 0 saturated heterocycles. The zero-order valence-corrected chi connectivity index (χ0v) is 10.6. The minimum atomic E-state index is -3.21. The fourth-order valence-corrected chi connectivity index (χ4v) is 1.84. The highest BCUT2D eigenvalue weighted by Gasteiger charge is 2.11. The van der Waals surface area contributed by atoms with Gasteiger partial charge >= 0.3 is 0 Å². The van der Waals surface area contributed by atoms with Gasteiger partial charge in [-0.2, -0.15) is 0 Å². The summed E-state index contributed by atoms with van der Waals surface area (Å²) in [6.07, 6.45) is 1.68. The molecular formula is C11H16N2O3S. The fourth-order valence-electron chi connectivity index (χ4n) is 1.21. The molecule has 6 heteroatoms. The molecule has 1 rings (SSSR count). The van der Waals surface area contributed by atoms with E-state index >= 15 is 0 Å². The molecule has 17 heavy (non-hydrogen) atoms. The maximum atomic E-state index is 11.5. The lowest BCUT2D eigenvalue weighted by atomic mass is 10.2. The fraction of sp³-hybridized carbons (Fsp3) is 0.364. The second kappa shape index (κ2) is 5.29. The molecule has 0 aliphatic heterocycles. The van der Waals surface area contributed by atoms with Crippen LogP contribution in [0.25, 0.3) is 0 Å². The molecule has 0 aromatic heterocycles. The summed E-state index contributed by atoms with van der Waals surface area (Å²) in [6.45, 7) is 1.82. The van der Waals surface area contributed by atoms with Crippen LogP contribution in [0.2, 0.25) is 0 Å². The molecule has 3 N–H and O–H groups in total. The molecule has 1 aromatic rings. The van der Waals surface area contributed by atoms with Crippen LogP contribution in [0, 0.1) is 0 Å². The summed E-state index contributed by atoms with van der Waals surface area (Å²) >= 11 is 0. The van der Waals surface area contributed by atoms with Crippen LogP contribution in [-0.4, -0.2) is 26.6 Å². The molecule has 94 valence electrons. The summed E-state index contributed by atoms with van der Waals surface area (Å²) in [4.78, 5) is 11.7. The minimum Gasteiger partial charge on any atom is -0.325 e. The van der Waals surface area contributed by atoms with E-state index in [1.165, 1.54) is 24.3 Å². The Kier molecular flexibility index (Phi) is 4.25. The van der Waals surface area contributed by atoms with Crippen molar-refractivity contribution < 1.29 is 13.2 Å². The number of carbonyl (C=O) groups excluding carboxylic acids is 1. The first-order chi connectivity index (χ1) is 7.84.